The van der Waals surface area contributed by atoms with E-state index in [1.807, 2.05) is 0 Å². The summed E-state index contributed by atoms with van der Waals surface area (Å²) in [5.74, 6) is 1.60. The molecule has 0 saturated heterocycles. The van der Waals surface area contributed by atoms with E-state index in [0.717, 1.165) is 76.7 Å². The molecule has 0 spiro atoms. The number of hydrogen-bond acceptors (Lipinski definition) is 3. The van der Waals surface area contributed by atoms with E-state index < -0.39 is 20.1 Å². The van der Waals surface area contributed by atoms with Crippen molar-refractivity contribution in [3.8, 4) is 29.0 Å². The van der Waals surface area contributed by atoms with E-state index in [9.17, 15) is 0 Å². The first kappa shape index (κ1) is 52.3. The second-order valence-corrected chi connectivity index (χ2v) is 28.5. The van der Waals surface area contributed by atoms with Gasteiger partial charge in [-0.1, -0.05) is 200 Å². The molecule has 0 fully saturated rings. The molecule has 4 aromatic heterocycles. The van der Waals surface area contributed by atoms with Gasteiger partial charge in [-0.3, -0.25) is 9.13 Å². The minimum atomic E-state index is -2.02. The molecule has 0 aliphatic heterocycles. The zero-order valence-electron chi connectivity index (χ0n) is 48.3. The van der Waals surface area contributed by atoms with Crippen molar-refractivity contribution < 1.29 is 0 Å². The van der Waals surface area contributed by atoms with Crippen LogP contribution >= 0.6 is 20.1 Å². The second kappa shape index (κ2) is 21.4. The van der Waals surface area contributed by atoms with Crippen LogP contribution in [0.4, 0.5) is 0 Å². The van der Waals surface area contributed by atoms with Gasteiger partial charge < -0.3 is 4.57 Å². The average Bonchev–Trinajstić information content (AvgIpc) is 1.55. The summed E-state index contributed by atoms with van der Waals surface area (Å²) in [7, 11) is -4.00. The lowest BCUT2D eigenvalue weighted by molar-refractivity contribution is 0.893. The van der Waals surface area contributed by atoms with Gasteiger partial charge >= 0.3 is 0 Å². The molecule has 0 radical (unpaired) electrons. The lowest BCUT2D eigenvalue weighted by Crippen LogP contribution is -2.10. The van der Waals surface area contributed by atoms with Crippen molar-refractivity contribution in [3.63, 3.8) is 0 Å². The maximum absolute atomic E-state index is 5.79. The Kier molecular flexibility index (Phi) is 12.6. The van der Waals surface area contributed by atoms with E-state index >= 15 is 0 Å². The third-order valence-electron chi connectivity index (χ3n) is 17.5. The molecule has 0 bridgehead atoms. The Balaban J connectivity index is 0.952. The Labute approximate surface area is 518 Å². The summed E-state index contributed by atoms with van der Waals surface area (Å²) in [6.45, 7) is 0. The van der Waals surface area contributed by atoms with Crippen LogP contribution in [0.1, 0.15) is 0 Å². The van der Waals surface area contributed by atoms with Gasteiger partial charge in [-0.25, -0.2) is 0 Å². The van der Waals surface area contributed by atoms with Crippen molar-refractivity contribution in [1.82, 2.24) is 28.7 Å². The fourth-order valence-electron chi connectivity index (χ4n) is 13.8. The zero-order chi connectivity index (χ0) is 58.9. The van der Waals surface area contributed by atoms with Gasteiger partial charge in [-0.2, -0.15) is 15.0 Å². The lowest BCUT2D eigenvalue weighted by Gasteiger charge is -2.42. The van der Waals surface area contributed by atoms with Gasteiger partial charge in [0.25, 0.3) is 0 Å². The first-order valence-electron chi connectivity index (χ1n) is 30.1. The molecule has 6 nitrogen and oxygen atoms in total. The Hall–Kier alpha value is -11.0. The zero-order valence-corrected chi connectivity index (χ0v) is 50.0. The predicted molar refractivity (Wildman–Crippen MR) is 368 cm³/mol. The summed E-state index contributed by atoms with van der Waals surface area (Å²) < 4.78 is 6.95. The van der Waals surface area contributed by atoms with E-state index in [2.05, 4.69) is 353 Å². The molecule has 17 aromatic rings. The highest BCUT2D eigenvalue weighted by atomic mass is 32.3. The van der Waals surface area contributed by atoms with Crippen molar-refractivity contribution in [2.45, 2.75) is 39.2 Å². The number of nitrogens with zero attached hydrogens (tertiary/aromatic N) is 6. The highest BCUT2D eigenvalue weighted by molar-refractivity contribution is 8.34. The van der Waals surface area contributed by atoms with Crippen LogP contribution in [0.5, 0.6) is 0 Å². The maximum Gasteiger partial charge on any atom is 0.240 e. The first-order valence-corrected chi connectivity index (χ1v) is 33.3. The Morgan fingerprint density at radius 2 is 0.573 bits per heavy atom. The molecule has 422 valence electrons. The number of para-hydroxylation sites is 4. The van der Waals surface area contributed by atoms with E-state index in [1.54, 1.807) is 0 Å². The summed E-state index contributed by atoms with van der Waals surface area (Å²) in [5.41, 5.74) is 8.21. The number of rotatable bonds is 12. The largest absolute Gasteiger partial charge is 0.309 e. The molecular formula is C81H56N6S2. The van der Waals surface area contributed by atoms with Crippen LogP contribution in [-0.4, -0.2) is 28.7 Å². The molecule has 89 heavy (non-hydrogen) atoms. The summed E-state index contributed by atoms with van der Waals surface area (Å²) in [4.78, 5) is 27.2. The minimum Gasteiger partial charge on any atom is -0.309 e. The Morgan fingerprint density at radius 1 is 0.225 bits per heavy atom. The summed E-state index contributed by atoms with van der Waals surface area (Å²) >= 11 is 0. The molecular weight excluding hydrogens is 1120 g/mol. The highest BCUT2D eigenvalue weighted by Gasteiger charge is 2.36. The molecule has 17 rings (SSSR count). The standard InChI is InChI=1S/C81H56N6S2/c1-8-28-58(29-9-1)85-74-47-27-24-44-70(74)77-76(85)55-53-69-67-42-22-26-46-73(67)87(78(69)77)81-83-79(57-48-50-65(51-49-57)88(59-30-10-2-11-31-59,60-32-12-3-13-33-60)61-34-14-4-15-35-61)82-80(84-81)86-72-45-25-23-43-68(72)71-56-66(52-54-75(71)86)89(62-36-16-5-17-37-62,63-38-18-6-19-39-63)64-40-20-7-21-41-64/h1-56H. The van der Waals surface area contributed by atoms with Crippen LogP contribution in [0, 0.1) is 0 Å². The number of aromatic nitrogens is 6. The van der Waals surface area contributed by atoms with E-state index in [1.165, 1.54) is 39.2 Å². The van der Waals surface area contributed by atoms with Crippen molar-refractivity contribution >= 4 is 85.5 Å². The topological polar surface area (TPSA) is 53.5 Å². The SMILES string of the molecule is c1ccc(-n2c3ccccc3c3c2ccc2c4ccccc4n(-c4nc(-c5ccc(S(c6ccccc6)(c6ccccc6)c6ccccc6)cc5)nc(-n5c6ccccc6c6cc(S(c7ccccc7)(c7ccccc7)c7ccccc7)ccc65)n4)c23)cc1. The summed E-state index contributed by atoms with van der Waals surface area (Å²) in [6.07, 6.45) is 0. The van der Waals surface area contributed by atoms with Crippen molar-refractivity contribution in [2.75, 3.05) is 0 Å². The molecule has 0 atom stereocenters. The molecule has 8 heteroatoms. The van der Waals surface area contributed by atoms with Gasteiger partial charge in [0.1, 0.15) is 0 Å². The smallest absolute Gasteiger partial charge is 0.240 e. The van der Waals surface area contributed by atoms with Crippen molar-refractivity contribution in [2.24, 2.45) is 0 Å². The lowest BCUT2D eigenvalue weighted by atomic mass is 10.1. The fourth-order valence-corrected chi connectivity index (χ4v) is 21.6. The van der Waals surface area contributed by atoms with Crippen molar-refractivity contribution in [1.29, 1.82) is 0 Å². The molecule has 4 heterocycles. The van der Waals surface area contributed by atoms with Crippen LogP contribution in [-0.2, 0) is 0 Å². The molecule has 0 amide bonds. The molecule has 0 saturated carbocycles. The van der Waals surface area contributed by atoms with Gasteiger partial charge in [0.05, 0.1) is 33.1 Å². The highest BCUT2D eigenvalue weighted by Crippen LogP contribution is 2.75. The molecule has 0 N–H and O–H groups in total. The van der Waals surface area contributed by atoms with Crippen LogP contribution < -0.4 is 0 Å². The third-order valence-corrected chi connectivity index (χ3v) is 25.4. The van der Waals surface area contributed by atoms with E-state index in [0.29, 0.717) is 17.7 Å². The van der Waals surface area contributed by atoms with Crippen LogP contribution in [0.3, 0.4) is 0 Å². The monoisotopic (exact) mass is 1180 g/mol. The normalized spacial score (nSPS) is 12.4. The van der Waals surface area contributed by atoms with Crippen molar-refractivity contribution in [3.05, 3.63) is 340 Å². The molecule has 0 unspecified atom stereocenters. The van der Waals surface area contributed by atoms with Crippen LogP contribution in [0.25, 0.3) is 94.4 Å². The first-order chi connectivity index (χ1) is 44.2. The van der Waals surface area contributed by atoms with E-state index in [-0.39, 0.29) is 0 Å². The Morgan fingerprint density at radius 3 is 1.07 bits per heavy atom. The average molecular weight is 1180 g/mol. The van der Waals surface area contributed by atoms with E-state index in [4.69, 9.17) is 15.0 Å². The van der Waals surface area contributed by atoms with Gasteiger partial charge in [-0.05, 0) is 140 Å². The Bertz CT molecular complexity index is 5270. The minimum absolute atomic E-state index is 0.517. The van der Waals surface area contributed by atoms with Gasteiger partial charge in [-0.15, -0.1) is 20.1 Å². The quantitative estimate of drug-likeness (QED) is 0.122. The fraction of sp³-hybridized carbons (Fsp3) is 0. The van der Waals surface area contributed by atoms with Gasteiger partial charge in [0.15, 0.2) is 5.82 Å². The number of benzene rings is 13. The third kappa shape index (κ3) is 8.18. The summed E-state index contributed by atoms with van der Waals surface area (Å²) in [6, 6.07) is 124. The summed E-state index contributed by atoms with van der Waals surface area (Å²) in [5, 5.41) is 6.71. The van der Waals surface area contributed by atoms with Gasteiger partial charge in [0.2, 0.25) is 11.9 Å². The predicted octanol–water partition coefficient (Wildman–Crippen LogP) is 21.5. The van der Waals surface area contributed by atoms with Crippen LogP contribution in [0.2, 0.25) is 0 Å². The maximum atomic E-state index is 5.79. The molecule has 0 aliphatic rings. The number of fused-ring (bicyclic) bond motifs is 10. The molecule has 0 aliphatic carbocycles. The second-order valence-electron chi connectivity index (χ2n) is 22.3. The number of hydrogen-bond donors (Lipinski definition) is 0. The molecule has 13 aromatic carbocycles. The van der Waals surface area contributed by atoms with Gasteiger partial charge in [0, 0.05) is 82.7 Å². The van der Waals surface area contributed by atoms with Crippen LogP contribution in [0.15, 0.2) is 379 Å².